The van der Waals surface area contributed by atoms with Crippen molar-refractivity contribution in [2.24, 2.45) is 5.41 Å². The zero-order chi connectivity index (χ0) is 27.0. The third-order valence-corrected chi connectivity index (χ3v) is 9.54. The normalized spacial score (nSPS) is 12.6. The van der Waals surface area contributed by atoms with E-state index in [2.05, 4.69) is 152 Å². The third-order valence-electron chi connectivity index (χ3n) is 7.48. The molecule has 4 rings (SSSR count). The number of rotatable bonds is 6. The van der Waals surface area contributed by atoms with Gasteiger partial charge in [-0.05, 0) is 68.7 Å². The molecule has 37 heavy (non-hydrogen) atoms. The third kappa shape index (κ3) is 6.51. The van der Waals surface area contributed by atoms with Crippen molar-refractivity contribution in [2.75, 3.05) is 0 Å². The quantitative estimate of drug-likeness (QED) is 0.229. The summed E-state index contributed by atoms with van der Waals surface area (Å²) in [6, 6.07) is 34.3. The molecule has 0 N–H and O–H groups in total. The predicted octanol–water partition coefficient (Wildman–Crippen LogP) is 10.3. The van der Waals surface area contributed by atoms with Crippen LogP contribution in [0.5, 0.6) is 0 Å². The maximum Gasteiger partial charge on any atom is 0.0775 e. The maximum atomic E-state index is 2.40. The molecule has 0 atom stereocenters. The molecular weight excluding hydrogens is 460 g/mol. The lowest BCUT2D eigenvalue weighted by molar-refractivity contribution is 0.284. The molecular formula is C36H44Si. The molecule has 0 aliphatic rings. The van der Waals surface area contributed by atoms with Gasteiger partial charge in [-0.3, -0.25) is 0 Å². The van der Waals surface area contributed by atoms with Crippen LogP contribution >= 0.6 is 0 Å². The Labute approximate surface area is 226 Å². The van der Waals surface area contributed by atoms with Crippen molar-refractivity contribution >= 4 is 13.3 Å². The van der Waals surface area contributed by atoms with Gasteiger partial charge in [-0.1, -0.05) is 150 Å². The summed E-state index contributed by atoms with van der Waals surface area (Å²) in [6.07, 6.45) is 1.16. The molecule has 0 bridgehead atoms. The predicted molar refractivity (Wildman–Crippen MR) is 168 cm³/mol. The van der Waals surface area contributed by atoms with E-state index in [4.69, 9.17) is 0 Å². The van der Waals surface area contributed by atoms with Gasteiger partial charge in [0.2, 0.25) is 0 Å². The summed E-state index contributed by atoms with van der Waals surface area (Å²) in [5, 5.41) is 1.51. The van der Waals surface area contributed by atoms with Crippen molar-refractivity contribution in [1.82, 2.24) is 0 Å². The number of benzene rings is 4. The first kappa shape index (κ1) is 27.1. The summed E-state index contributed by atoms with van der Waals surface area (Å²) < 4.78 is 0. The van der Waals surface area contributed by atoms with Gasteiger partial charge in [0.15, 0.2) is 0 Å². The second-order valence-electron chi connectivity index (χ2n) is 13.6. The monoisotopic (exact) mass is 504 g/mol. The van der Waals surface area contributed by atoms with Crippen LogP contribution in [0.25, 0.3) is 33.4 Å². The van der Waals surface area contributed by atoms with Crippen molar-refractivity contribution in [1.29, 1.82) is 0 Å². The van der Waals surface area contributed by atoms with Crippen LogP contribution in [-0.2, 0) is 5.41 Å². The van der Waals surface area contributed by atoms with Gasteiger partial charge in [0.05, 0.1) is 8.07 Å². The molecule has 0 nitrogen and oxygen atoms in total. The molecule has 0 heterocycles. The van der Waals surface area contributed by atoms with Gasteiger partial charge >= 0.3 is 0 Å². The van der Waals surface area contributed by atoms with E-state index in [1.807, 2.05) is 0 Å². The lowest BCUT2D eigenvalue weighted by atomic mass is 9.72. The fourth-order valence-electron chi connectivity index (χ4n) is 5.71. The summed E-state index contributed by atoms with van der Waals surface area (Å²) in [4.78, 5) is 0. The highest BCUT2D eigenvalue weighted by atomic mass is 28.3. The van der Waals surface area contributed by atoms with Crippen molar-refractivity contribution in [3.05, 3.63) is 102 Å². The molecule has 0 fully saturated rings. The fraction of sp³-hybridized carbons (Fsp3) is 0.333. The van der Waals surface area contributed by atoms with E-state index in [-0.39, 0.29) is 5.41 Å². The molecule has 0 unspecified atom stereocenters. The van der Waals surface area contributed by atoms with Gasteiger partial charge in [0.25, 0.3) is 0 Å². The highest BCUT2D eigenvalue weighted by molar-refractivity contribution is 6.88. The molecule has 0 aliphatic heterocycles. The fourth-order valence-corrected chi connectivity index (χ4v) is 6.88. The highest BCUT2D eigenvalue weighted by Crippen LogP contribution is 2.37. The standard InChI is InChI=1S/C36H44Si/c1-26-24-31(18-23-34(26)30-16-21-33(22-17-30)37(7,8)9)29-12-10-27(11-13-29)28-14-19-32(20-15-28)36(5,6)25-35(2,3)4/h10-24H,25H2,1-9H3. The van der Waals surface area contributed by atoms with Gasteiger partial charge in [-0.25, -0.2) is 0 Å². The number of aryl methyl sites for hydroxylation is 1. The van der Waals surface area contributed by atoms with Gasteiger partial charge in [0, 0.05) is 0 Å². The Morgan fingerprint density at radius 2 is 0.973 bits per heavy atom. The molecule has 1 heteroatoms. The van der Waals surface area contributed by atoms with E-state index < -0.39 is 8.07 Å². The molecule has 0 aromatic heterocycles. The lowest BCUT2D eigenvalue weighted by Gasteiger charge is -2.33. The zero-order valence-corrected chi connectivity index (χ0v) is 25.4. The Hall–Kier alpha value is -2.90. The SMILES string of the molecule is Cc1cc(-c2ccc(-c3ccc(C(C)(C)CC(C)(C)C)cc3)cc2)ccc1-c1ccc([Si](C)(C)C)cc1. The van der Waals surface area contributed by atoms with Gasteiger partial charge in [-0.15, -0.1) is 0 Å². The number of hydrogen-bond acceptors (Lipinski definition) is 0. The van der Waals surface area contributed by atoms with Crippen LogP contribution in [0.15, 0.2) is 91.0 Å². The minimum absolute atomic E-state index is 0.168. The highest BCUT2D eigenvalue weighted by Gasteiger charge is 2.27. The van der Waals surface area contributed by atoms with Crippen LogP contribution in [0, 0.1) is 12.3 Å². The van der Waals surface area contributed by atoms with E-state index in [1.165, 1.54) is 49.7 Å². The van der Waals surface area contributed by atoms with E-state index in [9.17, 15) is 0 Å². The second kappa shape index (κ2) is 10.1. The molecule has 0 radical (unpaired) electrons. The van der Waals surface area contributed by atoms with Crippen molar-refractivity contribution < 1.29 is 0 Å². The minimum Gasteiger partial charge on any atom is -0.0656 e. The van der Waals surface area contributed by atoms with Crippen LogP contribution in [0.2, 0.25) is 19.6 Å². The Balaban J connectivity index is 1.52. The van der Waals surface area contributed by atoms with Crippen LogP contribution in [0.3, 0.4) is 0 Å². The van der Waals surface area contributed by atoms with Gasteiger partial charge in [-0.2, -0.15) is 0 Å². The molecule has 0 saturated carbocycles. The van der Waals surface area contributed by atoms with Gasteiger partial charge in [0.1, 0.15) is 0 Å². The van der Waals surface area contributed by atoms with Crippen LogP contribution < -0.4 is 5.19 Å². The Kier molecular flexibility index (Phi) is 7.41. The molecule has 4 aromatic rings. The molecule has 192 valence electrons. The van der Waals surface area contributed by atoms with Crippen molar-refractivity contribution in [3.63, 3.8) is 0 Å². The molecule has 0 aliphatic carbocycles. The Bertz CT molecular complexity index is 1340. The van der Waals surface area contributed by atoms with Gasteiger partial charge < -0.3 is 0 Å². The molecule has 4 aromatic carbocycles. The Morgan fingerprint density at radius 3 is 1.43 bits per heavy atom. The second-order valence-corrected chi connectivity index (χ2v) is 18.7. The average Bonchev–Trinajstić information content (AvgIpc) is 2.82. The van der Waals surface area contributed by atoms with Crippen molar-refractivity contribution in [2.45, 2.75) is 73.0 Å². The Morgan fingerprint density at radius 1 is 0.541 bits per heavy atom. The largest absolute Gasteiger partial charge is 0.0775 e. The topological polar surface area (TPSA) is 0 Å². The first-order chi connectivity index (χ1) is 17.2. The molecule has 0 amide bonds. The zero-order valence-electron chi connectivity index (χ0n) is 24.4. The van der Waals surface area contributed by atoms with Crippen molar-refractivity contribution in [3.8, 4) is 33.4 Å². The van der Waals surface area contributed by atoms with E-state index in [1.54, 1.807) is 0 Å². The van der Waals surface area contributed by atoms with Crippen LogP contribution in [-0.4, -0.2) is 8.07 Å². The summed E-state index contributed by atoms with van der Waals surface area (Å²) in [7, 11) is -1.27. The van der Waals surface area contributed by atoms with Crippen LogP contribution in [0.4, 0.5) is 0 Å². The maximum absolute atomic E-state index is 2.40. The molecule has 0 saturated heterocycles. The van der Waals surface area contributed by atoms with E-state index in [0.717, 1.165) is 6.42 Å². The first-order valence-corrected chi connectivity index (χ1v) is 17.2. The van der Waals surface area contributed by atoms with E-state index in [0.29, 0.717) is 5.41 Å². The lowest BCUT2D eigenvalue weighted by Crippen LogP contribution is -2.37. The minimum atomic E-state index is -1.27. The first-order valence-electron chi connectivity index (χ1n) is 13.7. The van der Waals surface area contributed by atoms with E-state index >= 15 is 0 Å². The molecule has 0 spiro atoms. The smallest absolute Gasteiger partial charge is 0.0656 e. The van der Waals surface area contributed by atoms with Crippen LogP contribution in [0.1, 0.15) is 52.2 Å². The number of hydrogen-bond donors (Lipinski definition) is 0. The summed E-state index contributed by atoms with van der Waals surface area (Å²) >= 11 is 0. The summed E-state index contributed by atoms with van der Waals surface area (Å²) in [5.74, 6) is 0. The summed E-state index contributed by atoms with van der Waals surface area (Å²) in [6.45, 7) is 21.1. The summed E-state index contributed by atoms with van der Waals surface area (Å²) in [5.41, 5.74) is 10.9. The average molecular weight is 505 g/mol.